The van der Waals surface area contributed by atoms with Crippen molar-refractivity contribution in [3.05, 3.63) is 18.2 Å². The maximum absolute atomic E-state index is 4.68. The fraction of sp³-hybridized carbons (Fsp3) is 0.824. The Morgan fingerprint density at radius 3 is 2.85 bits per heavy atom. The number of nitrogens with zero attached hydrogens (tertiary/aromatic N) is 2. The van der Waals surface area contributed by atoms with Crippen LogP contribution in [0.25, 0.3) is 0 Å². The molecule has 114 valence electrons. The number of rotatable bonds is 6. The van der Waals surface area contributed by atoms with Gasteiger partial charge in [-0.2, -0.15) is 0 Å². The SMILES string of the molecule is CCCNC(c1nccn1CC)C1CCCCC1(C)C. The van der Waals surface area contributed by atoms with Crippen LogP contribution in [0.2, 0.25) is 0 Å². The van der Waals surface area contributed by atoms with Crippen molar-refractivity contribution in [2.24, 2.45) is 11.3 Å². The molecule has 0 aliphatic heterocycles. The summed E-state index contributed by atoms with van der Waals surface area (Å²) in [5, 5.41) is 3.79. The van der Waals surface area contributed by atoms with Crippen molar-refractivity contribution in [1.29, 1.82) is 0 Å². The quantitative estimate of drug-likeness (QED) is 0.846. The molecule has 1 aliphatic carbocycles. The first kappa shape index (κ1) is 15.6. The molecule has 1 N–H and O–H groups in total. The molecular weight excluding hydrogens is 246 g/mol. The number of hydrogen-bond acceptors (Lipinski definition) is 2. The third-order valence-electron chi connectivity index (χ3n) is 4.97. The zero-order valence-electron chi connectivity index (χ0n) is 13.7. The molecule has 0 bridgehead atoms. The van der Waals surface area contributed by atoms with Crippen LogP contribution in [0.15, 0.2) is 12.4 Å². The van der Waals surface area contributed by atoms with E-state index in [1.165, 1.54) is 37.9 Å². The number of aromatic nitrogens is 2. The van der Waals surface area contributed by atoms with E-state index in [0.717, 1.165) is 13.1 Å². The summed E-state index contributed by atoms with van der Waals surface area (Å²) in [5.74, 6) is 1.93. The first-order valence-corrected chi connectivity index (χ1v) is 8.34. The summed E-state index contributed by atoms with van der Waals surface area (Å²) in [6.45, 7) is 11.4. The Bertz CT molecular complexity index is 408. The summed E-state index contributed by atoms with van der Waals surface area (Å²) < 4.78 is 2.30. The molecule has 2 rings (SSSR count). The Morgan fingerprint density at radius 1 is 1.40 bits per heavy atom. The molecule has 3 heteroatoms. The molecule has 1 aromatic rings. The second-order valence-corrected chi connectivity index (χ2v) is 6.84. The van der Waals surface area contributed by atoms with E-state index in [0.29, 0.717) is 17.4 Å². The van der Waals surface area contributed by atoms with Gasteiger partial charge in [0.25, 0.3) is 0 Å². The molecule has 1 aliphatic rings. The lowest BCUT2D eigenvalue weighted by atomic mass is 9.65. The molecule has 2 atom stereocenters. The maximum Gasteiger partial charge on any atom is 0.126 e. The standard InChI is InChI=1S/C17H31N3/c1-5-11-18-15(16-19-12-13-20(16)6-2)14-9-7-8-10-17(14,3)4/h12-15,18H,5-11H2,1-4H3. The lowest BCUT2D eigenvalue weighted by Gasteiger charge is -2.43. The zero-order chi connectivity index (χ0) is 14.6. The molecule has 20 heavy (non-hydrogen) atoms. The van der Waals surface area contributed by atoms with Gasteiger partial charge in [0.2, 0.25) is 0 Å². The predicted molar refractivity (Wildman–Crippen MR) is 84.7 cm³/mol. The van der Waals surface area contributed by atoms with Gasteiger partial charge in [-0.05, 0) is 44.1 Å². The van der Waals surface area contributed by atoms with Gasteiger partial charge in [-0.3, -0.25) is 0 Å². The van der Waals surface area contributed by atoms with Crippen molar-refractivity contribution in [2.45, 2.75) is 72.4 Å². The lowest BCUT2D eigenvalue weighted by molar-refractivity contribution is 0.0935. The summed E-state index contributed by atoms with van der Waals surface area (Å²) in [6, 6.07) is 0.403. The van der Waals surface area contributed by atoms with Crippen LogP contribution >= 0.6 is 0 Å². The van der Waals surface area contributed by atoms with Crippen molar-refractivity contribution in [3.8, 4) is 0 Å². The van der Waals surface area contributed by atoms with E-state index in [9.17, 15) is 0 Å². The number of hydrogen-bond donors (Lipinski definition) is 1. The largest absolute Gasteiger partial charge is 0.334 e. The summed E-state index contributed by atoms with van der Waals surface area (Å²) in [7, 11) is 0. The smallest absolute Gasteiger partial charge is 0.126 e. The predicted octanol–water partition coefficient (Wildman–Crippen LogP) is 4.16. The Balaban J connectivity index is 2.27. The average Bonchev–Trinajstić information content (AvgIpc) is 2.89. The van der Waals surface area contributed by atoms with Gasteiger partial charge >= 0.3 is 0 Å². The van der Waals surface area contributed by atoms with Crippen LogP contribution in [0, 0.1) is 11.3 Å². The zero-order valence-corrected chi connectivity index (χ0v) is 13.7. The van der Waals surface area contributed by atoms with E-state index >= 15 is 0 Å². The van der Waals surface area contributed by atoms with E-state index in [4.69, 9.17) is 0 Å². The highest BCUT2D eigenvalue weighted by Crippen LogP contribution is 2.46. The van der Waals surface area contributed by atoms with Gasteiger partial charge < -0.3 is 9.88 Å². The second kappa shape index (κ2) is 6.75. The molecule has 1 fully saturated rings. The number of aryl methyl sites for hydroxylation is 1. The monoisotopic (exact) mass is 277 g/mol. The molecule has 2 unspecified atom stereocenters. The average molecular weight is 277 g/mol. The summed E-state index contributed by atoms with van der Waals surface area (Å²) in [6.07, 6.45) is 10.7. The third kappa shape index (κ3) is 3.25. The summed E-state index contributed by atoms with van der Waals surface area (Å²) in [4.78, 5) is 4.68. The molecular formula is C17H31N3. The van der Waals surface area contributed by atoms with Gasteiger partial charge in [0.1, 0.15) is 5.82 Å². The van der Waals surface area contributed by atoms with Gasteiger partial charge in [-0.15, -0.1) is 0 Å². The minimum atomic E-state index is 0.403. The normalized spacial score (nSPS) is 23.7. The van der Waals surface area contributed by atoms with Gasteiger partial charge in [0.05, 0.1) is 6.04 Å². The highest BCUT2D eigenvalue weighted by molar-refractivity contribution is 5.05. The third-order valence-corrected chi connectivity index (χ3v) is 4.97. The van der Waals surface area contributed by atoms with Crippen LogP contribution in [0.4, 0.5) is 0 Å². The van der Waals surface area contributed by atoms with Crippen LogP contribution in [0.5, 0.6) is 0 Å². The Hall–Kier alpha value is -0.830. The van der Waals surface area contributed by atoms with Crippen LogP contribution in [0.3, 0.4) is 0 Å². The van der Waals surface area contributed by atoms with Crippen LogP contribution in [-0.4, -0.2) is 16.1 Å². The number of imidazole rings is 1. The lowest BCUT2D eigenvalue weighted by Crippen LogP contribution is -2.40. The van der Waals surface area contributed by atoms with Gasteiger partial charge in [-0.1, -0.05) is 33.6 Å². The maximum atomic E-state index is 4.68. The Kier molecular flexibility index (Phi) is 5.25. The van der Waals surface area contributed by atoms with Gasteiger partial charge in [0.15, 0.2) is 0 Å². The Labute approximate surface area is 124 Å². The second-order valence-electron chi connectivity index (χ2n) is 6.84. The van der Waals surface area contributed by atoms with E-state index in [1.54, 1.807) is 0 Å². The van der Waals surface area contributed by atoms with Gasteiger partial charge in [-0.25, -0.2) is 4.98 Å². The Morgan fingerprint density at radius 2 is 2.20 bits per heavy atom. The molecule has 1 saturated carbocycles. The van der Waals surface area contributed by atoms with E-state index in [-0.39, 0.29) is 0 Å². The fourth-order valence-electron chi connectivity index (χ4n) is 3.72. The van der Waals surface area contributed by atoms with Crippen molar-refractivity contribution in [2.75, 3.05) is 6.54 Å². The number of nitrogens with one attached hydrogen (secondary N) is 1. The van der Waals surface area contributed by atoms with Crippen molar-refractivity contribution in [3.63, 3.8) is 0 Å². The topological polar surface area (TPSA) is 29.9 Å². The highest BCUT2D eigenvalue weighted by atomic mass is 15.1. The molecule has 0 saturated heterocycles. The summed E-state index contributed by atoms with van der Waals surface area (Å²) in [5.41, 5.74) is 0.411. The van der Waals surface area contributed by atoms with E-state index in [1.807, 2.05) is 6.20 Å². The molecule has 0 aromatic carbocycles. The molecule has 0 radical (unpaired) electrons. The van der Waals surface area contributed by atoms with Crippen LogP contribution in [0.1, 0.15) is 71.7 Å². The molecule has 3 nitrogen and oxygen atoms in total. The first-order chi connectivity index (χ1) is 9.60. The van der Waals surface area contributed by atoms with E-state index < -0.39 is 0 Å². The molecule has 0 spiro atoms. The minimum absolute atomic E-state index is 0.403. The van der Waals surface area contributed by atoms with E-state index in [2.05, 4.69) is 48.8 Å². The first-order valence-electron chi connectivity index (χ1n) is 8.34. The summed E-state index contributed by atoms with van der Waals surface area (Å²) >= 11 is 0. The van der Waals surface area contributed by atoms with Gasteiger partial charge in [0, 0.05) is 18.9 Å². The molecule has 0 amide bonds. The molecule has 1 heterocycles. The van der Waals surface area contributed by atoms with Crippen molar-refractivity contribution < 1.29 is 0 Å². The van der Waals surface area contributed by atoms with Crippen LogP contribution < -0.4 is 5.32 Å². The van der Waals surface area contributed by atoms with Crippen molar-refractivity contribution >= 4 is 0 Å². The van der Waals surface area contributed by atoms with Crippen LogP contribution in [-0.2, 0) is 6.54 Å². The fourth-order valence-corrected chi connectivity index (χ4v) is 3.72. The highest BCUT2D eigenvalue weighted by Gasteiger charge is 2.39. The minimum Gasteiger partial charge on any atom is -0.334 e. The van der Waals surface area contributed by atoms with Crippen molar-refractivity contribution in [1.82, 2.24) is 14.9 Å². The molecule has 1 aromatic heterocycles.